The molecule has 156 valence electrons. The van der Waals surface area contributed by atoms with Crippen LogP contribution in [-0.2, 0) is 10.7 Å². The van der Waals surface area contributed by atoms with Crippen molar-refractivity contribution in [2.75, 3.05) is 4.90 Å². The lowest BCUT2D eigenvalue weighted by Gasteiger charge is -2.17. The number of carbonyl (C=O) groups excluding carboxylic acids is 1. The van der Waals surface area contributed by atoms with Gasteiger partial charge in [-0.2, -0.15) is 19.1 Å². The molecule has 0 aliphatic carbocycles. The van der Waals surface area contributed by atoms with Gasteiger partial charge < -0.3 is 0 Å². The molecule has 0 saturated heterocycles. The fourth-order valence-corrected chi connectivity index (χ4v) is 3.80. The van der Waals surface area contributed by atoms with Crippen molar-refractivity contribution in [3.05, 3.63) is 95.7 Å². The van der Waals surface area contributed by atoms with Crippen LogP contribution < -0.4 is 4.90 Å². The first-order valence-electron chi connectivity index (χ1n) is 9.89. The van der Waals surface area contributed by atoms with Gasteiger partial charge in [0.1, 0.15) is 5.69 Å². The molecule has 0 atom stereocenters. The predicted molar refractivity (Wildman–Crippen MR) is 116 cm³/mol. The Morgan fingerprint density at radius 1 is 0.938 bits per heavy atom. The number of carbonyl (C=O) groups is 1. The molecule has 0 radical (unpaired) electrons. The molecule has 1 aliphatic heterocycles. The summed E-state index contributed by atoms with van der Waals surface area (Å²) in [6, 6.07) is 22.1. The van der Waals surface area contributed by atoms with Crippen molar-refractivity contribution >= 4 is 17.3 Å². The molecule has 0 spiro atoms. The molecule has 0 fully saturated rings. The van der Waals surface area contributed by atoms with Crippen LogP contribution in [-0.4, -0.2) is 15.7 Å². The van der Waals surface area contributed by atoms with Gasteiger partial charge >= 0.3 is 11.8 Å². The van der Waals surface area contributed by atoms with E-state index in [1.165, 1.54) is 22.9 Å². The number of fused-ring (bicyclic) bond motifs is 1. The summed E-state index contributed by atoms with van der Waals surface area (Å²) >= 11 is 0. The SMILES string of the molecule is Cc1ccc(-c2nn(-c3ccc(C#N)cc3)cc2N2C(=O)C(F)(F)c3ccccc32)cc1. The highest BCUT2D eigenvalue weighted by atomic mass is 19.3. The average Bonchev–Trinajstić information content (AvgIpc) is 3.32. The summed E-state index contributed by atoms with van der Waals surface area (Å²) in [7, 11) is 0. The summed E-state index contributed by atoms with van der Waals surface area (Å²) in [6.07, 6.45) is 1.56. The van der Waals surface area contributed by atoms with Crippen LogP contribution in [0.3, 0.4) is 0 Å². The maximum atomic E-state index is 14.8. The zero-order chi connectivity index (χ0) is 22.5. The van der Waals surface area contributed by atoms with E-state index < -0.39 is 11.8 Å². The summed E-state index contributed by atoms with van der Waals surface area (Å²) in [5.41, 5.74) is 3.32. The van der Waals surface area contributed by atoms with Crippen molar-refractivity contribution < 1.29 is 13.6 Å². The van der Waals surface area contributed by atoms with Crippen LogP contribution in [0.15, 0.2) is 79.0 Å². The minimum absolute atomic E-state index is 0.134. The molecule has 7 heteroatoms. The molecular formula is C25H16F2N4O. The van der Waals surface area contributed by atoms with Crippen LogP contribution >= 0.6 is 0 Å². The summed E-state index contributed by atoms with van der Waals surface area (Å²) in [6.45, 7) is 1.95. The number of para-hydroxylation sites is 1. The number of nitriles is 1. The second-order valence-corrected chi connectivity index (χ2v) is 7.56. The van der Waals surface area contributed by atoms with Gasteiger partial charge in [-0.3, -0.25) is 9.69 Å². The molecule has 32 heavy (non-hydrogen) atoms. The highest BCUT2D eigenvalue weighted by Crippen LogP contribution is 2.49. The first-order valence-corrected chi connectivity index (χ1v) is 9.89. The smallest absolute Gasteiger partial charge is 0.271 e. The minimum atomic E-state index is -3.63. The monoisotopic (exact) mass is 426 g/mol. The number of aryl methyl sites for hydroxylation is 1. The molecular weight excluding hydrogens is 410 g/mol. The van der Waals surface area contributed by atoms with Crippen LogP contribution in [0.4, 0.5) is 20.2 Å². The number of hydrogen-bond acceptors (Lipinski definition) is 3. The Balaban J connectivity index is 1.72. The Bertz CT molecular complexity index is 1380. The van der Waals surface area contributed by atoms with Gasteiger partial charge in [0.25, 0.3) is 0 Å². The van der Waals surface area contributed by atoms with Gasteiger partial charge in [-0.15, -0.1) is 0 Å². The van der Waals surface area contributed by atoms with Crippen molar-refractivity contribution in [3.8, 4) is 23.0 Å². The molecule has 1 aromatic heterocycles. The molecule has 0 N–H and O–H groups in total. The summed E-state index contributed by atoms with van der Waals surface area (Å²) in [5, 5.41) is 13.7. The van der Waals surface area contributed by atoms with Gasteiger partial charge in [0.15, 0.2) is 0 Å². The molecule has 0 bridgehead atoms. The normalized spacial score (nSPS) is 14.3. The Morgan fingerprint density at radius 2 is 1.62 bits per heavy atom. The molecule has 4 aromatic rings. The zero-order valence-electron chi connectivity index (χ0n) is 17.0. The molecule has 5 rings (SSSR count). The van der Waals surface area contributed by atoms with Crippen LogP contribution in [0, 0.1) is 18.3 Å². The van der Waals surface area contributed by atoms with E-state index in [9.17, 15) is 13.6 Å². The van der Waals surface area contributed by atoms with Gasteiger partial charge in [-0.1, -0.05) is 48.0 Å². The van der Waals surface area contributed by atoms with Crippen molar-refractivity contribution in [1.29, 1.82) is 5.26 Å². The largest absolute Gasteiger partial charge is 0.352 e. The van der Waals surface area contributed by atoms with Crippen LogP contribution in [0.1, 0.15) is 16.7 Å². The number of alkyl halides is 2. The summed E-state index contributed by atoms with van der Waals surface area (Å²) < 4.78 is 31.2. The Morgan fingerprint density at radius 3 is 2.31 bits per heavy atom. The molecule has 1 amide bonds. The number of halogens is 2. The Kier molecular flexibility index (Phi) is 4.38. The van der Waals surface area contributed by atoms with E-state index in [2.05, 4.69) is 11.2 Å². The summed E-state index contributed by atoms with van der Waals surface area (Å²) in [4.78, 5) is 13.9. The van der Waals surface area contributed by atoms with E-state index >= 15 is 0 Å². The van der Waals surface area contributed by atoms with Gasteiger partial charge in [0.05, 0.1) is 40.5 Å². The number of rotatable bonds is 3. The zero-order valence-corrected chi connectivity index (χ0v) is 17.0. The Labute approximate surface area is 182 Å². The minimum Gasteiger partial charge on any atom is -0.271 e. The van der Waals surface area contributed by atoms with E-state index in [1.54, 1.807) is 36.5 Å². The molecule has 0 saturated carbocycles. The molecule has 0 unspecified atom stereocenters. The van der Waals surface area contributed by atoms with Crippen molar-refractivity contribution in [3.63, 3.8) is 0 Å². The molecule has 2 heterocycles. The summed E-state index contributed by atoms with van der Waals surface area (Å²) in [5.74, 6) is -4.94. The van der Waals surface area contributed by atoms with Crippen molar-refractivity contribution in [2.24, 2.45) is 0 Å². The number of nitrogens with zero attached hydrogens (tertiary/aromatic N) is 4. The highest BCUT2D eigenvalue weighted by Gasteiger charge is 2.54. The van der Waals surface area contributed by atoms with E-state index in [4.69, 9.17) is 5.26 Å². The van der Waals surface area contributed by atoms with Gasteiger partial charge in [0, 0.05) is 5.56 Å². The number of amides is 1. The van der Waals surface area contributed by atoms with Crippen molar-refractivity contribution in [1.82, 2.24) is 9.78 Å². The molecule has 3 aromatic carbocycles. The number of hydrogen-bond donors (Lipinski definition) is 0. The van der Waals surface area contributed by atoms with Crippen LogP contribution in [0.2, 0.25) is 0 Å². The van der Waals surface area contributed by atoms with E-state index in [0.29, 0.717) is 22.5 Å². The third kappa shape index (κ3) is 2.96. The quantitative estimate of drug-likeness (QED) is 0.435. The van der Waals surface area contributed by atoms with Crippen molar-refractivity contribution in [2.45, 2.75) is 12.8 Å². The van der Waals surface area contributed by atoms with Gasteiger partial charge in [-0.05, 0) is 37.3 Å². The molecule has 1 aliphatic rings. The standard InChI is InChI=1S/C25H16F2N4O/c1-16-6-10-18(11-7-16)23-22(15-30(29-23)19-12-8-17(14-28)9-13-19)31-21-5-3-2-4-20(21)25(26,27)24(31)32/h2-13,15H,1H3. The van der Waals surface area contributed by atoms with Crippen LogP contribution in [0.25, 0.3) is 16.9 Å². The fourth-order valence-electron chi connectivity index (χ4n) is 3.80. The van der Waals surface area contributed by atoms with E-state index in [-0.39, 0.29) is 16.9 Å². The second kappa shape index (κ2) is 7.13. The third-order valence-electron chi connectivity index (χ3n) is 5.48. The number of anilines is 2. The average molecular weight is 426 g/mol. The lowest BCUT2D eigenvalue weighted by Crippen LogP contribution is -2.31. The lowest BCUT2D eigenvalue weighted by atomic mass is 10.1. The third-order valence-corrected chi connectivity index (χ3v) is 5.48. The Hall–Kier alpha value is -4.31. The first-order chi connectivity index (χ1) is 15.4. The topological polar surface area (TPSA) is 61.9 Å². The molecule has 5 nitrogen and oxygen atoms in total. The first kappa shape index (κ1) is 19.6. The second-order valence-electron chi connectivity index (χ2n) is 7.56. The highest BCUT2D eigenvalue weighted by molar-refractivity contribution is 6.12. The maximum Gasteiger partial charge on any atom is 0.352 e. The number of aromatic nitrogens is 2. The fraction of sp³-hybridized carbons (Fsp3) is 0.0800. The maximum absolute atomic E-state index is 14.8. The van der Waals surface area contributed by atoms with E-state index in [0.717, 1.165) is 10.5 Å². The van der Waals surface area contributed by atoms with E-state index in [1.807, 2.05) is 31.2 Å². The predicted octanol–water partition coefficient (Wildman–Crippen LogP) is 5.49. The van der Waals surface area contributed by atoms with Gasteiger partial charge in [-0.25, -0.2) is 4.68 Å². The number of benzene rings is 3. The lowest BCUT2D eigenvalue weighted by molar-refractivity contribution is -0.140. The van der Waals surface area contributed by atoms with Gasteiger partial charge in [0.2, 0.25) is 0 Å². The van der Waals surface area contributed by atoms with Crippen LogP contribution in [0.5, 0.6) is 0 Å².